The van der Waals surface area contributed by atoms with Crippen LogP contribution in [0.1, 0.15) is 44.9 Å². The van der Waals surface area contributed by atoms with Gasteiger partial charge in [-0.15, -0.1) is 0 Å². The lowest BCUT2D eigenvalue weighted by atomic mass is 9.87. The first kappa shape index (κ1) is 12.1. The molecule has 3 aliphatic rings. The number of imide groups is 1. The number of hydrogen-bond acceptors (Lipinski definition) is 3. The third-order valence-electron chi connectivity index (χ3n) is 4.68. The summed E-state index contributed by atoms with van der Waals surface area (Å²) < 4.78 is 0. The van der Waals surface area contributed by atoms with Crippen molar-refractivity contribution in [1.82, 2.24) is 4.90 Å². The zero-order chi connectivity index (χ0) is 12.9. The summed E-state index contributed by atoms with van der Waals surface area (Å²) in [5, 5.41) is 0. The Labute approximate surface area is 112 Å². The van der Waals surface area contributed by atoms with Gasteiger partial charge in [-0.05, 0) is 19.3 Å². The van der Waals surface area contributed by atoms with E-state index in [2.05, 4.69) is 0 Å². The van der Waals surface area contributed by atoms with Crippen LogP contribution in [0.2, 0.25) is 0 Å². The predicted octanol–water partition coefficient (Wildman–Crippen LogP) is 1.37. The number of amides is 2. The molecule has 1 heterocycles. The van der Waals surface area contributed by atoms with Gasteiger partial charge in [-0.25, -0.2) is 0 Å². The van der Waals surface area contributed by atoms with Crippen molar-refractivity contribution in [3.05, 3.63) is 0 Å². The number of nitrogens with zero attached hydrogens (tertiary/aromatic N) is 1. The van der Waals surface area contributed by atoms with Crippen LogP contribution in [-0.2, 0) is 9.59 Å². The second-order valence-corrected chi connectivity index (χ2v) is 6.21. The lowest BCUT2D eigenvalue weighted by Crippen LogP contribution is -2.59. The average Bonchev–Trinajstić information content (AvgIpc) is 3.10. The highest BCUT2D eigenvalue weighted by molar-refractivity contribution is 7.80. The van der Waals surface area contributed by atoms with Crippen molar-refractivity contribution in [2.24, 2.45) is 17.6 Å². The van der Waals surface area contributed by atoms with Crippen LogP contribution in [-0.4, -0.2) is 27.2 Å². The van der Waals surface area contributed by atoms with E-state index in [1.165, 1.54) is 4.90 Å². The van der Waals surface area contributed by atoms with Gasteiger partial charge in [0.2, 0.25) is 11.8 Å². The van der Waals surface area contributed by atoms with E-state index < -0.39 is 5.54 Å². The van der Waals surface area contributed by atoms with Gasteiger partial charge in [0.25, 0.3) is 0 Å². The van der Waals surface area contributed by atoms with Crippen molar-refractivity contribution in [1.29, 1.82) is 0 Å². The fourth-order valence-electron chi connectivity index (χ4n) is 3.50. The maximum atomic E-state index is 12.3. The zero-order valence-electron chi connectivity index (χ0n) is 10.4. The van der Waals surface area contributed by atoms with E-state index in [0.29, 0.717) is 4.99 Å². The quantitative estimate of drug-likeness (QED) is 0.466. The highest BCUT2D eigenvalue weighted by atomic mass is 32.1. The summed E-state index contributed by atoms with van der Waals surface area (Å²) >= 11 is 5.22. The first-order chi connectivity index (χ1) is 8.58. The number of carbonyl (C=O) groups is 2. The summed E-state index contributed by atoms with van der Waals surface area (Å²) in [4.78, 5) is 26.3. The Kier molecular flexibility index (Phi) is 2.70. The molecule has 0 spiro atoms. The van der Waals surface area contributed by atoms with Crippen molar-refractivity contribution in [3.63, 3.8) is 0 Å². The predicted molar refractivity (Wildman–Crippen MR) is 70.7 cm³/mol. The first-order valence-electron chi connectivity index (χ1n) is 6.76. The number of hydrogen-bond donors (Lipinski definition) is 1. The number of piperidine rings is 1. The first-order valence-corrected chi connectivity index (χ1v) is 7.16. The lowest BCUT2D eigenvalue weighted by molar-refractivity contribution is -0.146. The molecule has 0 aromatic carbocycles. The molecule has 0 bridgehead atoms. The molecule has 4 nitrogen and oxygen atoms in total. The Balaban J connectivity index is 1.96. The van der Waals surface area contributed by atoms with E-state index in [-0.39, 0.29) is 23.7 Å². The number of fused-ring (bicyclic) bond motifs is 1. The van der Waals surface area contributed by atoms with Crippen LogP contribution in [0.5, 0.6) is 0 Å². The van der Waals surface area contributed by atoms with E-state index in [4.69, 9.17) is 18.0 Å². The van der Waals surface area contributed by atoms with Gasteiger partial charge in [-0.3, -0.25) is 14.5 Å². The van der Waals surface area contributed by atoms with E-state index in [0.717, 1.165) is 44.9 Å². The van der Waals surface area contributed by atoms with Crippen molar-refractivity contribution in [3.8, 4) is 0 Å². The van der Waals surface area contributed by atoms with Gasteiger partial charge >= 0.3 is 0 Å². The molecule has 2 N–H and O–H groups in total. The number of carbonyl (C=O) groups excluding carboxylic acids is 2. The lowest BCUT2D eigenvalue weighted by Gasteiger charge is -2.40. The van der Waals surface area contributed by atoms with E-state index in [9.17, 15) is 9.59 Å². The molecule has 0 aromatic heterocycles. The van der Waals surface area contributed by atoms with Crippen molar-refractivity contribution >= 4 is 29.0 Å². The maximum absolute atomic E-state index is 12.3. The molecule has 2 amide bonds. The van der Waals surface area contributed by atoms with Crippen LogP contribution >= 0.6 is 12.2 Å². The molecule has 2 atom stereocenters. The summed E-state index contributed by atoms with van der Waals surface area (Å²) in [7, 11) is 0. The average molecular weight is 266 g/mol. The number of nitrogens with two attached hydrogens (primary N) is 1. The largest absolute Gasteiger partial charge is 0.391 e. The third kappa shape index (κ3) is 1.53. The fourth-order valence-corrected chi connectivity index (χ4v) is 3.79. The van der Waals surface area contributed by atoms with Gasteiger partial charge in [0.15, 0.2) is 0 Å². The zero-order valence-corrected chi connectivity index (χ0v) is 11.2. The number of thiocarbonyl (C=S) groups is 1. The normalized spacial score (nSPS) is 34.1. The molecule has 1 aliphatic heterocycles. The Morgan fingerprint density at radius 2 is 1.61 bits per heavy atom. The van der Waals surface area contributed by atoms with Crippen LogP contribution in [0.3, 0.4) is 0 Å². The molecular formula is C13H18N2O2S. The maximum Gasteiger partial charge on any atom is 0.234 e. The number of likely N-dealkylation sites (tertiary alicyclic amines) is 1. The summed E-state index contributed by atoms with van der Waals surface area (Å²) in [5.74, 6) is -0.182. The summed E-state index contributed by atoms with van der Waals surface area (Å²) in [6, 6.07) is 0. The summed E-state index contributed by atoms with van der Waals surface area (Å²) in [6.45, 7) is 0. The Morgan fingerprint density at radius 1 is 1.11 bits per heavy atom. The smallest absolute Gasteiger partial charge is 0.234 e. The Bertz CT molecular complexity index is 407. The van der Waals surface area contributed by atoms with Crippen LogP contribution in [0.25, 0.3) is 0 Å². The molecule has 98 valence electrons. The van der Waals surface area contributed by atoms with Crippen molar-refractivity contribution < 1.29 is 9.59 Å². The molecule has 3 fully saturated rings. The second kappa shape index (κ2) is 4.02. The van der Waals surface area contributed by atoms with Gasteiger partial charge in [0.05, 0.1) is 16.8 Å². The van der Waals surface area contributed by atoms with Crippen molar-refractivity contribution in [2.75, 3.05) is 0 Å². The Hall–Kier alpha value is -0.970. The molecule has 2 unspecified atom stereocenters. The third-order valence-corrected chi connectivity index (χ3v) is 5.06. The van der Waals surface area contributed by atoms with Crippen LogP contribution in [0.15, 0.2) is 0 Å². The van der Waals surface area contributed by atoms with Gasteiger partial charge in [0.1, 0.15) is 5.54 Å². The summed E-state index contributed by atoms with van der Waals surface area (Å²) in [6.07, 6.45) is 6.48. The van der Waals surface area contributed by atoms with E-state index in [1.54, 1.807) is 0 Å². The standard InChI is InChI=1S/C13H18N2O2S/c14-12(18)13(5-3-1-2-4-6-13)15-10(16)8-7-9(8)11(15)17/h8-9H,1-7H2,(H2,14,18). The molecule has 18 heavy (non-hydrogen) atoms. The van der Waals surface area contributed by atoms with Crippen LogP contribution < -0.4 is 5.73 Å². The van der Waals surface area contributed by atoms with Crippen molar-refractivity contribution in [2.45, 2.75) is 50.5 Å². The molecule has 1 saturated heterocycles. The van der Waals surface area contributed by atoms with Gasteiger partial charge in [0, 0.05) is 0 Å². The number of rotatable bonds is 2. The SMILES string of the molecule is NC(=S)C1(N2C(=O)C3CC3C2=O)CCCCCC1. The minimum atomic E-state index is -0.659. The Morgan fingerprint density at radius 3 is 2.06 bits per heavy atom. The topological polar surface area (TPSA) is 63.4 Å². The molecule has 2 aliphatic carbocycles. The molecular weight excluding hydrogens is 248 g/mol. The second-order valence-electron chi connectivity index (χ2n) is 5.77. The molecule has 0 radical (unpaired) electrons. The molecule has 5 heteroatoms. The van der Waals surface area contributed by atoms with Gasteiger partial charge in [-0.1, -0.05) is 37.9 Å². The van der Waals surface area contributed by atoms with E-state index >= 15 is 0 Å². The monoisotopic (exact) mass is 266 g/mol. The van der Waals surface area contributed by atoms with Gasteiger partial charge < -0.3 is 5.73 Å². The minimum absolute atomic E-state index is 0.0281. The highest BCUT2D eigenvalue weighted by Crippen LogP contribution is 2.51. The molecule has 0 aromatic rings. The van der Waals surface area contributed by atoms with Crippen LogP contribution in [0, 0.1) is 11.8 Å². The van der Waals surface area contributed by atoms with E-state index in [1.807, 2.05) is 0 Å². The highest BCUT2D eigenvalue weighted by Gasteiger charge is 2.63. The minimum Gasteiger partial charge on any atom is -0.391 e. The fraction of sp³-hybridized carbons (Fsp3) is 0.769. The van der Waals surface area contributed by atoms with Gasteiger partial charge in [-0.2, -0.15) is 0 Å². The molecule has 3 rings (SSSR count). The summed E-state index contributed by atoms with van der Waals surface area (Å²) in [5.41, 5.74) is 5.26. The van der Waals surface area contributed by atoms with Crippen LogP contribution in [0.4, 0.5) is 0 Å². The molecule has 2 saturated carbocycles.